The summed E-state index contributed by atoms with van der Waals surface area (Å²) in [5, 5.41) is 3.16. The highest BCUT2D eigenvalue weighted by Crippen LogP contribution is 2.15. The molecule has 2 heterocycles. The normalized spacial score (nSPS) is 10.7. The number of rotatable bonds is 4. The Morgan fingerprint density at radius 3 is 2.68 bits per heavy atom. The van der Waals surface area contributed by atoms with Crippen LogP contribution in [0.3, 0.4) is 0 Å². The average Bonchev–Trinajstić information content (AvgIpc) is 2.58. The third-order valence-electron chi connectivity index (χ3n) is 3.61. The van der Waals surface area contributed by atoms with E-state index in [-0.39, 0.29) is 17.9 Å². The molecule has 0 fully saturated rings. The van der Waals surface area contributed by atoms with E-state index in [0.29, 0.717) is 22.1 Å². The number of amides is 1. The fourth-order valence-corrected chi connectivity index (χ4v) is 2.48. The quantitative estimate of drug-likeness (QED) is 0.779. The zero-order valence-corrected chi connectivity index (χ0v) is 14.5. The van der Waals surface area contributed by atoms with Crippen LogP contribution < -0.4 is 15.6 Å². The Hall–Kier alpha value is -2.86. The van der Waals surface area contributed by atoms with Crippen LogP contribution in [0.4, 0.5) is 5.69 Å². The van der Waals surface area contributed by atoms with Gasteiger partial charge in [-0.2, -0.15) is 0 Å². The maximum absolute atomic E-state index is 12.6. The van der Waals surface area contributed by atoms with Crippen molar-refractivity contribution < 1.29 is 9.53 Å². The zero-order chi connectivity index (χ0) is 18.0. The number of aryl methyl sites for hydroxylation is 2. The number of hydrogen-bond donors (Lipinski definition) is 1. The predicted octanol–water partition coefficient (Wildman–Crippen LogP) is 2.98. The molecule has 0 saturated heterocycles. The molecule has 0 atom stereocenters. The zero-order valence-electron chi connectivity index (χ0n) is 13.7. The van der Waals surface area contributed by atoms with Crippen molar-refractivity contribution in [2.45, 2.75) is 13.8 Å². The van der Waals surface area contributed by atoms with E-state index in [0.717, 1.165) is 5.56 Å². The molecule has 1 N–H and O–H groups in total. The summed E-state index contributed by atoms with van der Waals surface area (Å²) < 4.78 is 6.78. The highest BCUT2D eigenvalue weighted by molar-refractivity contribution is 6.30. The maximum atomic E-state index is 12.6. The van der Waals surface area contributed by atoms with Crippen LogP contribution in [-0.2, 0) is 4.79 Å². The number of nitrogens with one attached hydrogen (secondary N) is 1. The lowest BCUT2D eigenvalue weighted by atomic mass is 10.3. The van der Waals surface area contributed by atoms with Gasteiger partial charge in [-0.1, -0.05) is 11.6 Å². The third kappa shape index (κ3) is 3.80. The Balaban J connectivity index is 1.78. The second-order valence-electron chi connectivity index (χ2n) is 5.60. The van der Waals surface area contributed by atoms with Gasteiger partial charge in [0.05, 0.1) is 5.69 Å². The van der Waals surface area contributed by atoms with Crippen molar-refractivity contribution in [1.82, 2.24) is 9.38 Å². The topological polar surface area (TPSA) is 72.7 Å². The van der Waals surface area contributed by atoms with E-state index in [4.69, 9.17) is 16.3 Å². The van der Waals surface area contributed by atoms with Crippen LogP contribution in [0, 0.1) is 13.8 Å². The van der Waals surface area contributed by atoms with Crippen LogP contribution in [0.2, 0.25) is 5.02 Å². The number of ether oxygens (including phenoxy) is 1. The van der Waals surface area contributed by atoms with Crippen LogP contribution in [-0.4, -0.2) is 21.9 Å². The van der Waals surface area contributed by atoms with Gasteiger partial charge >= 0.3 is 0 Å². The van der Waals surface area contributed by atoms with E-state index in [2.05, 4.69) is 10.3 Å². The second-order valence-corrected chi connectivity index (χ2v) is 6.04. The van der Waals surface area contributed by atoms with Gasteiger partial charge in [-0.15, -0.1) is 0 Å². The molecule has 0 spiro atoms. The Bertz CT molecular complexity index is 997. The Kier molecular flexibility index (Phi) is 4.72. The molecular weight excluding hydrogens is 342 g/mol. The van der Waals surface area contributed by atoms with Crippen molar-refractivity contribution in [2.24, 2.45) is 0 Å². The summed E-state index contributed by atoms with van der Waals surface area (Å²) >= 11 is 5.80. The molecule has 3 aromatic rings. The molecule has 0 aliphatic carbocycles. The number of aromatic nitrogens is 2. The Labute approximate surface area is 149 Å². The van der Waals surface area contributed by atoms with Gasteiger partial charge in [0.15, 0.2) is 6.61 Å². The standard InChI is InChI=1S/C18H16ClN3O3/c1-11-7-8-22-15(9-11)20-12(2)17(18(22)24)21-16(23)10-25-14-5-3-13(19)4-6-14/h3-9H,10H2,1-2H3,(H,21,23). The van der Waals surface area contributed by atoms with Gasteiger partial charge in [0.1, 0.15) is 17.1 Å². The van der Waals surface area contributed by atoms with Crippen molar-refractivity contribution in [3.63, 3.8) is 0 Å². The van der Waals surface area contributed by atoms with Gasteiger partial charge in [0, 0.05) is 11.2 Å². The molecular formula is C18H16ClN3O3. The number of pyridine rings is 1. The molecule has 0 unspecified atom stereocenters. The first kappa shape index (κ1) is 17.0. The molecule has 0 radical (unpaired) electrons. The maximum Gasteiger partial charge on any atom is 0.281 e. The van der Waals surface area contributed by atoms with Gasteiger partial charge < -0.3 is 10.1 Å². The van der Waals surface area contributed by atoms with E-state index >= 15 is 0 Å². The smallest absolute Gasteiger partial charge is 0.281 e. The largest absolute Gasteiger partial charge is 0.484 e. The van der Waals surface area contributed by atoms with Gasteiger partial charge in [0.2, 0.25) is 0 Å². The number of anilines is 1. The van der Waals surface area contributed by atoms with Crippen molar-refractivity contribution in [3.8, 4) is 5.75 Å². The summed E-state index contributed by atoms with van der Waals surface area (Å²) in [7, 11) is 0. The molecule has 0 aliphatic rings. The van der Waals surface area contributed by atoms with Crippen LogP contribution in [0.25, 0.3) is 5.65 Å². The van der Waals surface area contributed by atoms with Gasteiger partial charge in [-0.25, -0.2) is 4.98 Å². The van der Waals surface area contributed by atoms with Crippen molar-refractivity contribution in [1.29, 1.82) is 0 Å². The number of halogens is 1. The number of nitrogens with zero attached hydrogens (tertiary/aromatic N) is 2. The molecule has 6 nitrogen and oxygen atoms in total. The minimum atomic E-state index is -0.441. The summed E-state index contributed by atoms with van der Waals surface area (Å²) in [5.74, 6) is 0.0733. The summed E-state index contributed by atoms with van der Waals surface area (Å²) in [6, 6.07) is 10.3. The van der Waals surface area contributed by atoms with E-state index in [1.54, 1.807) is 43.5 Å². The number of hydrogen-bond acceptors (Lipinski definition) is 4. The molecule has 0 bridgehead atoms. The first-order chi connectivity index (χ1) is 11.9. The summed E-state index contributed by atoms with van der Waals surface area (Å²) in [4.78, 5) is 29.0. The molecule has 25 heavy (non-hydrogen) atoms. The van der Waals surface area contributed by atoms with Gasteiger partial charge in [0.25, 0.3) is 11.5 Å². The molecule has 2 aromatic heterocycles. The van der Waals surface area contributed by atoms with E-state index in [9.17, 15) is 9.59 Å². The molecule has 1 amide bonds. The van der Waals surface area contributed by atoms with Crippen molar-refractivity contribution in [2.75, 3.05) is 11.9 Å². The number of carbonyl (C=O) groups is 1. The fourth-order valence-electron chi connectivity index (χ4n) is 2.35. The number of benzene rings is 1. The monoisotopic (exact) mass is 357 g/mol. The molecule has 0 saturated carbocycles. The molecule has 1 aromatic carbocycles. The lowest BCUT2D eigenvalue weighted by Crippen LogP contribution is -2.28. The lowest BCUT2D eigenvalue weighted by Gasteiger charge is -2.10. The molecule has 7 heteroatoms. The van der Waals surface area contributed by atoms with Crippen LogP contribution in [0.5, 0.6) is 5.75 Å². The molecule has 3 rings (SSSR count). The Morgan fingerprint density at radius 1 is 1.24 bits per heavy atom. The first-order valence-corrected chi connectivity index (χ1v) is 7.99. The van der Waals surface area contributed by atoms with Crippen LogP contribution >= 0.6 is 11.6 Å². The summed E-state index contributed by atoms with van der Waals surface area (Å²) in [6.07, 6.45) is 1.64. The number of carbonyl (C=O) groups excluding carboxylic acids is 1. The number of fused-ring (bicyclic) bond motifs is 1. The summed E-state index contributed by atoms with van der Waals surface area (Å²) in [5.41, 5.74) is 1.81. The van der Waals surface area contributed by atoms with Crippen molar-refractivity contribution >= 4 is 28.8 Å². The van der Waals surface area contributed by atoms with E-state index in [1.165, 1.54) is 4.40 Å². The van der Waals surface area contributed by atoms with Gasteiger partial charge in [-0.05, 0) is 55.8 Å². The van der Waals surface area contributed by atoms with Gasteiger partial charge in [-0.3, -0.25) is 14.0 Å². The molecule has 0 aliphatic heterocycles. The third-order valence-corrected chi connectivity index (χ3v) is 3.87. The van der Waals surface area contributed by atoms with E-state index < -0.39 is 5.91 Å². The highest BCUT2D eigenvalue weighted by atomic mass is 35.5. The minimum Gasteiger partial charge on any atom is -0.484 e. The lowest BCUT2D eigenvalue weighted by molar-refractivity contribution is -0.118. The Morgan fingerprint density at radius 2 is 1.96 bits per heavy atom. The average molecular weight is 358 g/mol. The second kappa shape index (κ2) is 6.94. The van der Waals surface area contributed by atoms with Crippen LogP contribution in [0.1, 0.15) is 11.3 Å². The minimum absolute atomic E-state index is 0.144. The SMILES string of the molecule is Cc1ccn2c(=O)c(NC(=O)COc3ccc(Cl)cc3)c(C)nc2c1. The van der Waals surface area contributed by atoms with Crippen LogP contribution in [0.15, 0.2) is 47.4 Å². The first-order valence-electron chi connectivity index (χ1n) is 7.62. The fraction of sp³-hybridized carbons (Fsp3) is 0.167. The summed E-state index contributed by atoms with van der Waals surface area (Å²) in [6.45, 7) is 3.38. The van der Waals surface area contributed by atoms with Crippen molar-refractivity contribution in [3.05, 3.63) is 69.2 Å². The predicted molar refractivity (Wildman–Crippen MR) is 96.5 cm³/mol. The highest BCUT2D eigenvalue weighted by Gasteiger charge is 2.13. The van der Waals surface area contributed by atoms with E-state index in [1.807, 2.05) is 13.0 Å². The molecule has 128 valence electrons.